The fourth-order valence-electron chi connectivity index (χ4n) is 3.22. The minimum absolute atomic E-state index is 0.308. The number of rotatable bonds is 3. The van der Waals surface area contributed by atoms with Crippen LogP contribution in [0.1, 0.15) is 33.6 Å². The number of likely N-dealkylation sites (tertiary alicyclic amines) is 2. The summed E-state index contributed by atoms with van der Waals surface area (Å²) >= 11 is 0. The van der Waals surface area contributed by atoms with Crippen LogP contribution in [-0.4, -0.2) is 73.0 Å². The van der Waals surface area contributed by atoms with Crippen molar-refractivity contribution in [3.8, 4) is 0 Å². The second-order valence-corrected chi connectivity index (χ2v) is 7.26. The third-order valence-corrected chi connectivity index (χ3v) is 4.79. The number of hydrogen-bond acceptors (Lipinski definition) is 4. The Morgan fingerprint density at radius 2 is 1.63 bits per heavy atom. The molecular formula is C15H28N2O2. The van der Waals surface area contributed by atoms with Crippen LogP contribution >= 0.6 is 0 Å². The van der Waals surface area contributed by atoms with Crippen LogP contribution in [0.25, 0.3) is 0 Å². The quantitative estimate of drug-likeness (QED) is 0.771. The van der Waals surface area contributed by atoms with E-state index in [9.17, 15) is 0 Å². The first kappa shape index (κ1) is 13.8. The van der Waals surface area contributed by atoms with E-state index >= 15 is 0 Å². The van der Waals surface area contributed by atoms with Gasteiger partial charge in [0.05, 0.1) is 31.5 Å². The largest absolute Gasteiger partial charge is 0.378 e. The SMILES string of the molecule is CC(C)(C)N1CCC(OC2CN(C3COC3)C2)CC1. The molecule has 19 heavy (non-hydrogen) atoms. The van der Waals surface area contributed by atoms with E-state index in [0.717, 1.165) is 26.3 Å². The van der Waals surface area contributed by atoms with Gasteiger partial charge in [0.1, 0.15) is 0 Å². The molecule has 0 spiro atoms. The molecule has 110 valence electrons. The Kier molecular flexibility index (Phi) is 3.87. The third-order valence-electron chi connectivity index (χ3n) is 4.79. The van der Waals surface area contributed by atoms with Crippen molar-refractivity contribution in [1.82, 2.24) is 9.80 Å². The molecule has 3 heterocycles. The molecule has 0 bridgehead atoms. The Labute approximate surface area is 117 Å². The number of ether oxygens (including phenoxy) is 2. The van der Waals surface area contributed by atoms with Crippen molar-refractivity contribution in [1.29, 1.82) is 0 Å². The summed E-state index contributed by atoms with van der Waals surface area (Å²) in [7, 11) is 0. The Bertz CT molecular complexity index is 298. The maximum atomic E-state index is 6.23. The van der Waals surface area contributed by atoms with Crippen LogP contribution in [0.4, 0.5) is 0 Å². The topological polar surface area (TPSA) is 24.9 Å². The molecule has 3 saturated heterocycles. The lowest BCUT2D eigenvalue weighted by Crippen LogP contribution is -2.62. The molecule has 4 heteroatoms. The number of hydrogen-bond donors (Lipinski definition) is 0. The molecule has 4 nitrogen and oxygen atoms in total. The van der Waals surface area contributed by atoms with Gasteiger partial charge in [-0.2, -0.15) is 0 Å². The van der Waals surface area contributed by atoms with E-state index in [0.29, 0.717) is 23.8 Å². The van der Waals surface area contributed by atoms with E-state index in [1.807, 2.05) is 0 Å². The maximum absolute atomic E-state index is 6.23. The zero-order valence-corrected chi connectivity index (χ0v) is 12.6. The zero-order valence-electron chi connectivity index (χ0n) is 12.6. The second-order valence-electron chi connectivity index (χ2n) is 7.26. The first-order valence-corrected chi connectivity index (χ1v) is 7.74. The fourth-order valence-corrected chi connectivity index (χ4v) is 3.22. The molecule has 0 saturated carbocycles. The van der Waals surface area contributed by atoms with Crippen molar-refractivity contribution < 1.29 is 9.47 Å². The minimum atomic E-state index is 0.308. The molecule has 0 aromatic rings. The monoisotopic (exact) mass is 268 g/mol. The first-order valence-electron chi connectivity index (χ1n) is 7.74. The molecule has 0 aromatic carbocycles. The molecule has 0 amide bonds. The summed E-state index contributed by atoms with van der Waals surface area (Å²) in [4.78, 5) is 5.07. The average molecular weight is 268 g/mol. The molecule has 3 aliphatic rings. The van der Waals surface area contributed by atoms with Gasteiger partial charge in [-0.1, -0.05) is 0 Å². The number of piperidine rings is 1. The van der Waals surface area contributed by atoms with E-state index in [1.54, 1.807) is 0 Å². The van der Waals surface area contributed by atoms with Crippen molar-refractivity contribution >= 4 is 0 Å². The number of nitrogens with zero attached hydrogens (tertiary/aromatic N) is 2. The molecule has 0 aliphatic carbocycles. The van der Waals surface area contributed by atoms with Gasteiger partial charge in [-0.15, -0.1) is 0 Å². The average Bonchev–Trinajstić information content (AvgIpc) is 2.23. The lowest BCUT2D eigenvalue weighted by atomic mass is 9.99. The maximum Gasteiger partial charge on any atom is 0.0832 e. The predicted octanol–water partition coefficient (Wildman–Crippen LogP) is 1.35. The Hall–Kier alpha value is -0.160. The van der Waals surface area contributed by atoms with Gasteiger partial charge in [0.25, 0.3) is 0 Å². The summed E-state index contributed by atoms with van der Waals surface area (Å²) in [6.45, 7) is 13.4. The van der Waals surface area contributed by atoms with Crippen LogP contribution in [0.5, 0.6) is 0 Å². The lowest BCUT2D eigenvalue weighted by Gasteiger charge is -2.49. The van der Waals surface area contributed by atoms with E-state index in [-0.39, 0.29) is 0 Å². The van der Waals surface area contributed by atoms with Crippen LogP contribution in [0.2, 0.25) is 0 Å². The summed E-state index contributed by atoms with van der Waals surface area (Å²) in [6.07, 6.45) is 3.36. The summed E-state index contributed by atoms with van der Waals surface area (Å²) in [6, 6.07) is 0.683. The van der Waals surface area contributed by atoms with Gasteiger partial charge < -0.3 is 9.47 Å². The molecule has 3 fully saturated rings. The van der Waals surface area contributed by atoms with Gasteiger partial charge in [0.2, 0.25) is 0 Å². The van der Waals surface area contributed by atoms with Crippen molar-refractivity contribution in [2.45, 2.75) is 57.4 Å². The predicted molar refractivity (Wildman–Crippen MR) is 75.4 cm³/mol. The summed E-state index contributed by atoms with van der Waals surface area (Å²) in [5, 5.41) is 0. The normalized spacial score (nSPS) is 29.2. The highest BCUT2D eigenvalue weighted by molar-refractivity contribution is 4.90. The van der Waals surface area contributed by atoms with Crippen LogP contribution in [0.15, 0.2) is 0 Å². The van der Waals surface area contributed by atoms with Crippen molar-refractivity contribution in [2.24, 2.45) is 0 Å². The van der Waals surface area contributed by atoms with Gasteiger partial charge in [0, 0.05) is 31.7 Å². The second kappa shape index (κ2) is 5.32. The van der Waals surface area contributed by atoms with Crippen molar-refractivity contribution in [3.63, 3.8) is 0 Å². The van der Waals surface area contributed by atoms with Gasteiger partial charge in [0.15, 0.2) is 0 Å². The smallest absolute Gasteiger partial charge is 0.0832 e. The van der Waals surface area contributed by atoms with E-state index in [2.05, 4.69) is 30.6 Å². The Morgan fingerprint density at radius 3 is 2.11 bits per heavy atom. The molecule has 0 N–H and O–H groups in total. The molecule has 0 unspecified atom stereocenters. The molecule has 3 aliphatic heterocycles. The summed E-state index contributed by atoms with van der Waals surface area (Å²) in [5.41, 5.74) is 0.308. The third kappa shape index (κ3) is 3.13. The van der Waals surface area contributed by atoms with E-state index < -0.39 is 0 Å². The molecule has 0 atom stereocenters. The highest BCUT2D eigenvalue weighted by Crippen LogP contribution is 2.26. The van der Waals surface area contributed by atoms with E-state index in [4.69, 9.17) is 9.47 Å². The molecule has 0 aromatic heterocycles. The standard InChI is InChI=1S/C15H28N2O2/c1-15(2,3)17-6-4-13(5-7-17)19-14-8-16(9-14)12-10-18-11-12/h12-14H,4-11H2,1-3H3. The minimum Gasteiger partial charge on any atom is -0.378 e. The zero-order chi connectivity index (χ0) is 13.5. The lowest BCUT2D eigenvalue weighted by molar-refractivity contribution is -0.159. The fraction of sp³-hybridized carbons (Fsp3) is 1.00. The first-order chi connectivity index (χ1) is 9.02. The van der Waals surface area contributed by atoms with Gasteiger partial charge in [-0.25, -0.2) is 0 Å². The van der Waals surface area contributed by atoms with Crippen LogP contribution in [-0.2, 0) is 9.47 Å². The van der Waals surface area contributed by atoms with Crippen LogP contribution < -0.4 is 0 Å². The van der Waals surface area contributed by atoms with Crippen LogP contribution in [0.3, 0.4) is 0 Å². The molecule has 0 radical (unpaired) electrons. The van der Waals surface area contributed by atoms with E-state index in [1.165, 1.54) is 25.9 Å². The Morgan fingerprint density at radius 1 is 1.00 bits per heavy atom. The van der Waals surface area contributed by atoms with Crippen molar-refractivity contribution in [3.05, 3.63) is 0 Å². The summed E-state index contributed by atoms with van der Waals surface area (Å²) in [5.74, 6) is 0. The highest BCUT2D eigenvalue weighted by Gasteiger charge is 2.38. The highest BCUT2D eigenvalue weighted by atomic mass is 16.5. The van der Waals surface area contributed by atoms with Gasteiger partial charge >= 0.3 is 0 Å². The Balaban J connectivity index is 1.35. The van der Waals surface area contributed by atoms with Gasteiger partial charge in [-0.05, 0) is 33.6 Å². The van der Waals surface area contributed by atoms with Crippen LogP contribution in [0, 0.1) is 0 Å². The van der Waals surface area contributed by atoms with Gasteiger partial charge in [-0.3, -0.25) is 9.80 Å². The van der Waals surface area contributed by atoms with Crippen molar-refractivity contribution in [2.75, 3.05) is 39.4 Å². The summed E-state index contributed by atoms with van der Waals surface area (Å²) < 4.78 is 11.5. The molecule has 3 rings (SSSR count). The molecular weight excluding hydrogens is 240 g/mol.